The van der Waals surface area contributed by atoms with Gasteiger partial charge in [-0.25, -0.2) is 9.59 Å². The van der Waals surface area contributed by atoms with Gasteiger partial charge in [-0.15, -0.1) is 0 Å². The van der Waals surface area contributed by atoms with Crippen LogP contribution in [-0.4, -0.2) is 55.0 Å². The van der Waals surface area contributed by atoms with Crippen LogP contribution in [0.4, 0.5) is 4.79 Å². The Morgan fingerprint density at radius 2 is 1.64 bits per heavy atom. The molecule has 2 atom stereocenters. The zero-order chi connectivity index (χ0) is 24.0. The van der Waals surface area contributed by atoms with E-state index in [1.54, 1.807) is 13.8 Å². The van der Waals surface area contributed by atoms with Crippen molar-refractivity contribution < 1.29 is 29.0 Å². The van der Waals surface area contributed by atoms with Gasteiger partial charge in [-0.05, 0) is 35.6 Å². The number of hydrogen-bond acceptors (Lipinski definition) is 5. The fourth-order valence-electron chi connectivity index (χ4n) is 4.23. The van der Waals surface area contributed by atoms with Gasteiger partial charge in [0.25, 0.3) is 0 Å². The van der Waals surface area contributed by atoms with Gasteiger partial charge >= 0.3 is 12.1 Å². The number of carbonyl (C=O) groups excluding carboxylic acids is 2. The van der Waals surface area contributed by atoms with E-state index in [1.165, 1.54) is 7.11 Å². The maximum absolute atomic E-state index is 12.4. The third-order valence-corrected chi connectivity index (χ3v) is 5.98. The summed E-state index contributed by atoms with van der Waals surface area (Å²) in [6.07, 6.45) is -0.562. The van der Waals surface area contributed by atoms with E-state index in [-0.39, 0.29) is 32.0 Å². The molecule has 3 N–H and O–H groups in total. The summed E-state index contributed by atoms with van der Waals surface area (Å²) in [5.41, 5.74) is 3.00. The number of carbonyl (C=O) groups is 3. The lowest BCUT2D eigenvalue weighted by molar-refractivity contribution is -0.150. The van der Waals surface area contributed by atoms with E-state index >= 15 is 0 Å². The fraction of sp³-hybridized carbons (Fsp3) is 0.400. The highest BCUT2D eigenvalue weighted by Crippen LogP contribution is 2.44. The van der Waals surface area contributed by atoms with Crippen molar-refractivity contribution in [2.24, 2.45) is 0 Å². The first-order valence-electron chi connectivity index (χ1n) is 11.0. The Morgan fingerprint density at radius 3 is 2.15 bits per heavy atom. The molecule has 0 aliphatic heterocycles. The van der Waals surface area contributed by atoms with Gasteiger partial charge in [-0.3, -0.25) is 4.79 Å². The number of carboxylic acids is 1. The molecule has 3 rings (SSSR count). The number of rotatable bonds is 10. The van der Waals surface area contributed by atoms with Crippen LogP contribution in [0.2, 0.25) is 0 Å². The van der Waals surface area contributed by atoms with Gasteiger partial charge in [0.2, 0.25) is 5.91 Å². The van der Waals surface area contributed by atoms with Gasteiger partial charge in [0.1, 0.15) is 6.61 Å². The fourth-order valence-corrected chi connectivity index (χ4v) is 4.23. The molecule has 0 saturated heterocycles. The minimum Gasteiger partial charge on any atom is -0.479 e. The molecule has 1 unspecified atom stereocenters. The van der Waals surface area contributed by atoms with E-state index in [2.05, 4.69) is 22.8 Å². The van der Waals surface area contributed by atoms with Crippen molar-refractivity contribution >= 4 is 18.0 Å². The Labute approximate surface area is 193 Å². The number of nitrogens with one attached hydrogen (secondary N) is 2. The molecule has 2 aromatic carbocycles. The summed E-state index contributed by atoms with van der Waals surface area (Å²) in [5.74, 6) is -1.73. The Bertz CT molecular complexity index is 978. The van der Waals surface area contributed by atoms with Crippen LogP contribution in [-0.2, 0) is 19.1 Å². The van der Waals surface area contributed by atoms with Crippen molar-refractivity contribution in [3.05, 3.63) is 59.7 Å². The third kappa shape index (κ3) is 5.34. The standard InChI is InChI=1S/C25H30N2O6/c1-4-25(15-32-3,23(29)30)27-22(28)13-16(2)26-24(31)33-14-21-19-11-7-5-9-17(19)18-10-6-8-12-20(18)21/h5-12,16,21H,4,13-15H2,1-3H3,(H,26,31)(H,27,28)(H,29,30)/t16-,25?/m0/s1. The minimum atomic E-state index is -1.50. The van der Waals surface area contributed by atoms with E-state index in [0.717, 1.165) is 22.3 Å². The van der Waals surface area contributed by atoms with E-state index < -0.39 is 29.6 Å². The van der Waals surface area contributed by atoms with Crippen molar-refractivity contribution in [2.45, 2.75) is 44.2 Å². The Kier molecular flexibility index (Phi) is 7.71. The third-order valence-electron chi connectivity index (χ3n) is 5.98. The molecule has 33 heavy (non-hydrogen) atoms. The van der Waals surface area contributed by atoms with Crippen molar-refractivity contribution in [2.75, 3.05) is 20.3 Å². The molecule has 0 saturated carbocycles. The van der Waals surface area contributed by atoms with E-state index in [0.29, 0.717) is 0 Å². The van der Waals surface area contributed by atoms with Gasteiger partial charge < -0.3 is 25.2 Å². The molecular formula is C25H30N2O6. The largest absolute Gasteiger partial charge is 0.479 e. The molecule has 8 nitrogen and oxygen atoms in total. The van der Waals surface area contributed by atoms with Gasteiger partial charge in [0.15, 0.2) is 5.54 Å². The molecule has 0 heterocycles. The van der Waals surface area contributed by atoms with Gasteiger partial charge in [0, 0.05) is 25.5 Å². The lowest BCUT2D eigenvalue weighted by Crippen LogP contribution is -2.58. The highest BCUT2D eigenvalue weighted by atomic mass is 16.5. The second-order valence-electron chi connectivity index (χ2n) is 8.30. The summed E-state index contributed by atoms with van der Waals surface area (Å²) in [7, 11) is 1.38. The highest BCUT2D eigenvalue weighted by Gasteiger charge is 2.38. The number of benzene rings is 2. The molecule has 0 aromatic heterocycles. The van der Waals surface area contributed by atoms with Gasteiger partial charge in [-0.2, -0.15) is 0 Å². The van der Waals surface area contributed by atoms with Crippen LogP contribution in [0.25, 0.3) is 11.1 Å². The van der Waals surface area contributed by atoms with Gasteiger partial charge in [-0.1, -0.05) is 55.5 Å². The maximum Gasteiger partial charge on any atom is 0.407 e. The first kappa shape index (κ1) is 24.3. The maximum atomic E-state index is 12.4. The second-order valence-corrected chi connectivity index (χ2v) is 8.30. The van der Waals surface area contributed by atoms with Crippen LogP contribution < -0.4 is 10.6 Å². The molecule has 1 aliphatic rings. The molecule has 8 heteroatoms. The van der Waals surface area contributed by atoms with Crippen molar-refractivity contribution in [1.29, 1.82) is 0 Å². The molecule has 176 valence electrons. The Morgan fingerprint density at radius 1 is 1.06 bits per heavy atom. The van der Waals surface area contributed by atoms with Crippen molar-refractivity contribution in [1.82, 2.24) is 10.6 Å². The molecule has 2 amide bonds. The predicted molar refractivity (Wildman–Crippen MR) is 123 cm³/mol. The van der Waals surface area contributed by atoms with Crippen molar-refractivity contribution in [3.8, 4) is 11.1 Å². The lowest BCUT2D eigenvalue weighted by atomic mass is 9.97. The van der Waals surface area contributed by atoms with E-state index in [9.17, 15) is 19.5 Å². The van der Waals surface area contributed by atoms with Gasteiger partial charge in [0.05, 0.1) is 6.61 Å². The summed E-state index contributed by atoms with van der Waals surface area (Å²) in [6, 6.07) is 15.6. The zero-order valence-corrected chi connectivity index (χ0v) is 19.1. The molecule has 0 spiro atoms. The van der Waals surface area contributed by atoms with E-state index in [1.807, 2.05) is 36.4 Å². The molecule has 1 aliphatic carbocycles. The lowest BCUT2D eigenvalue weighted by Gasteiger charge is -2.29. The Hall–Kier alpha value is -3.39. The molecule has 0 radical (unpaired) electrons. The zero-order valence-electron chi connectivity index (χ0n) is 19.1. The number of alkyl carbamates (subject to hydrolysis) is 1. The van der Waals surface area contributed by atoms with Crippen LogP contribution in [0.3, 0.4) is 0 Å². The molecular weight excluding hydrogens is 424 g/mol. The topological polar surface area (TPSA) is 114 Å². The number of ether oxygens (including phenoxy) is 2. The summed E-state index contributed by atoms with van der Waals surface area (Å²) < 4.78 is 10.5. The summed E-state index contributed by atoms with van der Waals surface area (Å²) in [6.45, 7) is 3.33. The quantitative estimate of drug-likeness (QED) is 0.508. The number of aliphatic carboxylic acids is 1. The van der Waals surface area contributed by atoms with E-state index in [4.69, 9.17) is 9.47 Å². The predicted octanol–water partition coefficient (Wildman–Crippen LogP) is 3.30. The van der Waals surface area contributed by atoms with Crippen LogP contribution in [0.1, 0.15) is 43.7 Å². The van der Waals surface area contributed by atoms with Crippen LogP contribution in [0, 0.1) is 0 Å². The molecule has 0 bridgehead atoms. The molecule has 2 aromatic rings. The smallest absolute Gasteiger partial charge is 0.407 e. The summed E-state index contributed by atoms with van der Waals surface area (Å²) >= 11 is 0. The average molecular weight is 455 g/mol. The second kappa shape index (κ2) is 10.5. The van der Waals surface area contributed by atoms with Crippen LogP contribution >= 0.6 is 0 Å². The SMILES string of the molecule is CCC(COC)(NC(=O)C[C@H](C)NC(=O)OCC1c2ccccc2-c2ccccc21)C(=O)O. The number of hydrogen-bond donors (Lipinski definition) is 3. The number of carboxylic acid groups (broad SMARTS) is 1. The normalized spacial score (nSPS) is 15.0. The summed E-state index contributed by atoms with van der Waals surface area (Å²) in [5, 5.41) is 14.7. The highest BCUT2D eigenvalue weighted by molar-refractivity contribution is 5.87. The molecule has 0 fully saturated rings. The monoisotopic (exact) mass is 454 g/mol. The summed E-state index contributed by atoms with van der Waals surface area (Å²) in [4.78, 5) is 36.4. The van der Waals surface area contributed by atoms with Crippen molar-refractivity contribution in [3.63, 3.8) is 0 Å². The first-order valence-corrected chi connectivity index (χ1v) is 11.0. The van der Waals surface area contributed by atoms with Crippen LogP contribution in [0.5, 0.6) is 0 Å². The minimum absolute atomic E-state index is 0.0588. The average Bonchev–Trinajstić information content (AvgIpc) is 3.10. The number of fused-ring (bicyclic) bond motifs is 3. The first-order chi connectivity index (χ1) is 15.8. The Balaban J connectivity index is 1.55. The number of methoxy groups -OCH3 is 1. The number of amides is 2. The van der Waals surface area contributed by atoms with Crippen LogP contribution in [0.15, 0.2) is 48.5 Å².